The van der Waals surface area contributed by atoms with Crippen molar-refractivity contribution in [3.05, 3.63) is 72.6 Å². The molecule has 6 rings (SSSR count). The zero-order valence-electron chi connectivity index (χ0n) is 23.3. The van der Waals surface area contributed by atoms with Crippen molar-refractivity contribution >= 4 is 43.7 Å². The maximum atomic E-state index is 14.6. The summed E-state index contributed by atoms with van der Waals surface area (Å²) in [4.78, 5) is 33.3. The molecule has 14 heteroatoms. The van der Waals surface area contributed by atoms with E-state index in [9.17, 15) is 17.6 Å². The molecule has 1 amide bonds. The van der Waals surface area contributed by atoms with Crippen molar-refractivity contribution in [1.82, 2.24) is 39.8 Å². The smallest absolute Gasteiger partial charge is 0.226 e. The molecule has 0 saturated heterocycles. The minimum absolute atomic E-state index is 0.0538. The lowest BCUT2D eigenvalue weighted by Crippen LogP contribution is -2.21. The van der Waals surface area contributed by atoms with Gasteiger partial charge in [0.25, 0.3) is 0 Å². The molecular weight excluding hydrogens is 573 g/mol. The van der Waals surface area contributed by atoms with E-state index in [0.29, 0.717) is 61.8 Å². The van der Waals surface area contributed by atoms with Crippen LogP contribution in [0.1, 0.15) is 19.4 Å². The Bertz CT molecular complexity index is 2120. The number of carbonyl (C=O) groups excluding carboxylic acids is 1. The van der Waals surface area contributed by atoms with Gasteiger partial charge < -0.3 is 10.3 Å². The molecule has 218 valence electrons. The number of benzene rings is 1. The van der Waals surface area contributed by atoms with Crippen molar-refractivity contribution in [3.8, 4) is 33.9 Å². The molecule has 6 aromatic rings. The topological polar surface area (TPSA) is 171 Å². The van der Waals surface area contributed by atoms with Crippen LogP contribution in [-0.4, -0.2) is 55.7 Å². The lowest BCUT2D eigenvalue weighted by Gasteiger charge is -2.08. The van der Waals surface area contributed by atoms with Crippen LogP contribution in [0.4, 0.5) is 10.1 Å². The third kappa shape index (κ3) is 5.96. The number of fused-ring (bicyclic) bond motifs is 2. The van der Waals surface area contributed by atoms with Crippen LogP contribution >= 0.6 is 0 Å². The van der Waals surface area contributed by atoms with Gasteiger partial charge >= 0.3 is 0 Å². The molecule has 0 aliphatic carbocycles. The highest BCUT2D eigenvalue weighted by Gasteiger charge is 2.18. The van der Waals surface area contributed by atoms with Crippen molar-refractivity contribution < 1.29 is 17.6 Å². The first-order valence-corrected chi connectivity index (χ1v) is 15.1. The molecule has 0 spiro atoms. The summed E-state index contributed by atoms with van der Waals surface area (Å²) in [5, 5.41) is 11.0. The van der Waals surface area contributed by atoms with Crippen molar-refractivity contribution in [2.24, 2.45) is 5.92 Å². The van der Waals surface area contributed by atoms with Gasteiger partial charge in [-0.25, -0.2) is 27.5 Å². The number of amides is 1. The monoisotopic (exact) mass is 599 g/mol. The molecule has 0 atom stereocenters. The molecule has 12 nitrogen and oxygen atoms in total. The van der Waals surface area contributed by atoms with Gasteiger partial charge in [-0.3, -0.25) is 19.9 Å². The number of aromatic nitrogens is 7. The van der Waals surface area contributed by atoms with E-state index in [1.54, 1.807) is 43.0 Å². The van der Waals surface area contributed by atoms with Crippen LogP contribution in [0.3, 0.4) is 0 Å². The molecule has 0 bridgehead atoms. The molecule has 0 aliphatic rings. The van der Waals surface area contributed by atoms with E-state index in [1.165, 1.54) is 12.1 Å². The Kier molecular flexibility index (Phi) is 7.15. The zero-order valence-corrected chi connectivity index (χ0v) is 24.1. The summed E-state index contributed by atoms with van der Waals surface area (Å²) in [6.07, 6.45) is 7.53. The molecule has 1 aromatic carbocycles. The fraction of sp³-hybridized carbons (Fsp3) is 0.172. The van der Waals surface area contributed by atoms with Crippen LogP contribution in [0.25, 0.3) is 56.0 Å². The van der Waals surface area contributed by atoms with Gasteiger partial charge in [-0.1, -0.05) is 13.8 Å². The minimum Gasteiger partial charge on any atom is -0.324 e. The Hall–Kier alpha value is -5.08. The van der Waals surface area contributed by atoms with Gasteiger partial charge in [0.2, 0.25) is 15.9 Å². The average molecular weight is 600 g/mol. The zero-order chi connectivity index (χ0) is 30.3. The van der Waals surface area contributed by atoms with Gasteiger partial charge in [0.15, 0.2) is 11.5 Å². The molecule has 0 aliphatic heterocycles. The standard InChI is InChI=1S/C29H26FN9O3S/c1-15(2)29(40)35-20-9-18(12-31-13-20)23-10-22-24(14-33-23)38-39-26(22)28-36-25-21(4-5-32-27(25)37-28)17-6-16(7-19(30)8-17)11-34-43(3,41)42/h4-10,12-15,34H,11H2,1-3H3,(H,35,40)(H,38,39)(H,32,36,37). The van der Waals surface area contributed by atoms with Crippen LogP contribution in [0.5, 0.6) is 0 Å². The van der Waals surface area contributed by atoms with E-state index >= 15 is 0 Å². The summed E-state index contributed by atoms with van der Waals surface area (Å²) >= 11 is 0. The second-order valence-electron chi connectivity index (χ2n) is 10.4. The number of pyridine rings is 3. The van der Waals surface area contributed by atoms with E-state index in [0.717, 1.165) is 11.6 Å². The fourth-order valence-corrected chi connectivity index (χ4v) is 5.00. The van der Waals surface area contributed by atoms with E-state index in [4.69, 9.17) is 4.98 Å². The lowest BCUT2D eigenvalue weighted by atomic mass is 10.0. The normalized spacial score (nSPS) is 11.9. The van der Waals surface area contributed by atoms with Crippen LogP contribution < -0.4 is 10.0 Å². The largest absolute Gasteiger partial charge is 0.324 e. The summed E-state index contributed by atoms with van der Waals surface area (Å²) < 4.78 is 40.0. The van der Waals surface area contributed by atoms with E-state index in [-0.39, 0.29) is 18.4 Å². The second-order valence-corrected chi connectivity index (χ2v) is 12.2. The number of carbonyl (C=O) groups is 1. The van der Waals surface area contributed by atoms with E-state index in [2.05, 4.69) is 40.2 Å². The van der Waals surface area contributed by atoms with Gasteiger partial charge in [0.05, 0.1) is 35.5 Å². The minimum atomic E-state index is -3.45. The highest BCUT2D eigenvalue weighted by Crippen LogP contribution is 2.32. The maximum Gasteiger partial charge on any atom is 0.226 e. The fourth-order valence-electron chi connectivity index (χ4n) is 4.57. The number of halogens is 1. The SMILES string of the molecule is CC(C)C(=O)Nc1cncc(-c2cc3c(-c4nc5c(-c6cc(F)cc(CNS(C)(=O)=O)c6)ccnc5[nH]4)n[nH]c3cn2)c1. The van der Waals surface area contributed by atoms with Gasteiger partial charge in [-0.2, -0.15) is 5.10 Å². The number of anilines is 1. The summed E-state index contributed by atoms with van der Waals surface area (Å²) in [6, 6.07) is 9.73. The van der Waals surface area contributed by atoms with Crippen molar-refractivity contribution in [1.29, 1.82) is 0 Å². The number of nitrogens with one attached hydrogen (secondary N) is 4. The summed E-state index contributed by atoms with van der Waals surface area (Å²) in [7, 11) is -3.45. The molecule has 0 fully saturated rings. The number of rotatable bonds is 8. The van der Waals surface area contributed by atoms with E-state index < -0.39 is 15.8 Å². The number of nitrogens with zero attached hydrogens (tertiary/aromatic N) is 5. The lowest BCUT2D eigenvalue weighted by molar-refractivity contribution is -0.118. The van der Waals surface area contributed by atoms with Gasteiger partial charge in [-0.05, 0) is 47.5 Å². The van der Waals surface area contributed by atoms with E-state index in [1.807, 2.05) is 19.9 Å². The number of sulfonamides is 1. The molecule has 4 N–H and O–H groups in total. The van der Waals surface area contributed by atoms with Gasteiger partial charge in [0.1, 0.15) is 17.0 Å². The van der Waals surface area contributed by atoms with Crippen molar-refractivity contribution in [2.45, 2.75) is 20.4 Å². The van der Waals surface area contributed by atoms with Crippen molar-refractivity contribution in [3.63, 3.8) is 0 Å². The average Bonchev–Trinajstić information content (AvgIpc) is 3.59. The number of aromatic amines is 2. The molecule has 43 heavy (non-hydrogen) atoms. The molecule has 5 aromatic heterocycles. The highest BCUT2D eigenvalue weighted by atomic mass is 32.2. The Balaban J connectivity index is 1.38. The quantitative estimate of drug-likeness (QED) is 0.199. The molecule has 0 unspecified atom stereocenters. The third-order valence-electron chi connectivity index (χ3n) is 6.69. The third-order valence-corrected chi connectivity index (χ3v) is 7.36. The highest BCUT2D eigenvalue weighted by molar-refractivity contribution is 7.88. The van der Waals surface area contributed by atoms with Crippen LogP contribution in [0.2, 0.25) is 0 Å². The van der Waals surface area contributed by atoms with Crippen molar-refractivity contribution in [2.75, 3.05) is 11.6 Å². The number of hydrogen-bond acceptors (Lipinski definition) is 8. The maximum absolute atomic E-state index is 14.6. The Morgan fingerprint density at radius 3 is 2.67 bits per heavy atom. The molecular formula is C29H26FN9O3S. The van der Waals surface area contributed by atoms with Gasteiger partial charge in [-0.15, -0.1) is 0 Å². The predicted molar refractivity (Wildman–Crippen MR) is 161 cm³/mol. The number of H-pyrrole nitrogens is 2. The Morgan fingerprint density at radius 2 is 1.88 bits per heavy atom. The summed E-state index contributed by atoms with van der Waals surface area (Å²) in [6.45, 7) is 3.57. The molecule has 5 heterocycles. The number of imidazole rings is 1. The summed E-state index contributed by atoms with van der Waals surface area (Å²) in [5.41, 5.74) is 5.65. The predicted octanol–water partition coefficient (Wildman–Crippen LogP) is 4.41. The van der Waals surface area contributed by atoms with Crippen LogP contribution in [0.15, 0.2) is 61.2 Å². The van der Waals surface area contributed by atoms with Crippen LogP contribution in [-0.2, 0) is 21.4 Å². The van der Waals surface area contributed by atoms with Crippen LogP contribution in [0, 0.1) is 11.7 Å². The Morgan fingerprint density at radius 1 is 1.05 bits per heavy atom. The summed E-state index contributed by atoms with van der Waals surface area (Å²) in [5.74, 6) is -0.364. The first-order chi connectivity index (χ1) is 20.5. The molecule has 0 radical (unpaired) electrons. The van der Waals surface area contributed by atoms with Gasteiger partial charge in [0, 0.05) is 41.4 Å². The first kappa shape index (κ1) is 28.1. The first-order valence-electron chi connectivity index (χ1n) is 13.2. The molecule has 0 saturated carbocycles. The second kappa shape index (κ2) is 11.0. The Labute approximate surface area is 245 Å². The number of hydrogen-bond donors (Lipinski definition) is 4.